The van der Waals surface area contributed by atoms with Crippen molar-refractivity contribution in [2.45, 2.75) is 25.5 Å². The standard InChI is InChI=1S/C14H17N3O4/c1-9(18)8-16-12(14(20)21)6-13(19)17-11-5-3-2-4-10(11)7-15/h2-5,9,12,16,18H,6,8H2,1H3,(H,17,19)(H,20,21)/t9-,12-/m0/s1. The second-order valence-corrected chi connectivity index (χ2v) is 4.66. The van der Waals surface area contributed by atoms with Gasteiger partial charge >= 0.3 is 0 Å². The quantitative estimate of drug-likeness (QED) is 0.532. The lowest BCUT2D eigenvalue weighted by Crippen LogP contribution is -2.94. The van der Waals surface area contributed by atoms with Crippen LogP contribution in [0.3, 0.4) is 0 Å². The summed E-state index contributed by atoms with van der Waals surface area (Å²) in [6, 6.07) is 7.27. The van der Waals surface area contributed by atoms with Crippen molar-refractivity contribution in [2.24, 2.45) is 0 Å². The number of aliphatic hydroxyl groups excluding tert-OH is 1. The minimum atomic E-state index is -1.38. The molecule has 4 N–H and O–H groups in total. The molecule has 0 aliphatic carbocycles. The number of nitrogens with one attached hydrogen (secondary N) is 1. The molecule has 0 aromatic heterocycles. The molecule has 0 unspecified atom stereocenters. The molecule has 112 valence electrons. The molecule has 0 bridgehead atoms. The van der Waals surface area contributed by atoms with Crippen molar-refractivity contribution in [3.8, 4) is 6.07 Å². The van der Waals surface area contributed by atoms with E-state index in [1.54, 1.807) is 24.3 Å². The Morgan fingerprint density at radius 1 is 1.48 bits per heavy atom. The molecule has 0 saturated carbocycles. The number of aliphatic hydroxyl groups is 1. The number of nitrogens with zero attached hydrogens (tertiary/aromatic N) is 1. The fraction of sp³-hybridized carbons (Fsp3) is 0.357. The number of aliphatic carboxylic acids is 1. The lowest BCUT2D eigenvalue weighted by Gasteiger charge is -2.17. The van der Waals surface area contributed by atoms with E-state index in [1.807, 2.05) is 6.07 Å². The fourth-order valence-corrected chi connectivity index (χ4v) is 1.71. The highest BCUT2D eigenvalue weighted by molar-refractivity contribution is 5.94. The van der Waals surface area contributed by atoms with Gasteiger partial charge in [0.25, 0.3) is 0 Å². The number of nitrogens with two attached hydrogens (primary N) is 1. The molecule has 0 fully saturated rings. The molecule has 1 amide bonds. The highest BCUT2D eigenvalue weighted by atomic mass is 16.4. The molecule has 0 heterocycles. The minimum absolute atomic E-state index is 0.153. The second-order valence-electron chi connectivity index (χ2n) is 4.66. The number of carboxylic acid groups (broad SMARTS) is 1. The van der Waals surface area contributed by atoms with Gasteiger partial charge in [-0.1, -0.05) is 12.1 Å². The van der Waals surface area contributed by atoms with E-state index >= 15 is 0 Å². The van der Waals surface area contributed by atoms with E-state index in [2.05, 4.69) is 5.32 Å². The van der Waals surface area contributed by atoms with Crippen LogP contribution in [0.1, 0.15) is 18.9 Å². The number of carbonyl (C=O) groups excluding carboxylic acids is 2. The number of hydrogen-bond donors (Lipinski definition) is 3. The lowest BCUT2D eigenvalue weighted by atomic mass is 10.1. The Hall–Kier alpha value is -2.43. The van der Waals surface area contributed by atoms with Crippen LogP contribution in [0.4, 0.5) is 5.69 Å². The molecule has 1 aromatic carbocycles. The van der Waals surface area contributed by atoms with Crippen LogP contribution >= 0.6 is 0 Å². The number of para-hydroxylation sites is 1. The third-order valence-corrected chi connectivity index (χ3v) is 2.79. The number of amides is 1. The van der Waals surface area contributed by atoms with Crippen molar-refractivity contribution in [1.29, 1.82) is 5.26 Å². The second kappa shape index (κ2) is 7.99. The Labute approximate surface area is 122 Å². The summed E-state index contributed by atoms with van der Waals surface area (Å²) in [4.78, 5) is 22.8. The largest absolute Gasteiger partial charge is 0.544 e. The van der Waals surface area contributed by atoms with E-state index in [9.17, 15) is 14.7 Å². The number of rotatable bonds is 7. The molecule has 1 aromatic rings. The van der Waals surface area contributed by atoms with Crippen LogP contribution in [0.2, 0.25) is 0 Å². The van der Waals surface area contributed by atoms with Gasteiger partial charge in [-0.3, -0.25) is 4.79 Å². The van der Waals surface area contributed by atoms with Crippen LogP contribution in [0.15, 0.2) is 24.3 Å². The van der Waals surface area contributed by atoms with Gasteiger partial charge in [0.15, 0.2) is 0 Å². The van der Waals surface area contributed by atoms with Crippen molar-refractivity contribution in [2.75, 3.05) is 11.9 Å². The van der Waals surface area contributed by atoms with Crippen molar-refractivity contribution < 1.29 is 25.1 Å². The number of anilines is 1. The summed E-state index contributed by atoms with van der Waals surface area (Å²) >= 11 is 0. The van der Waals surface area contributed by atoms with E-state index in [-0.39, 0.29) is 13.0 Å². The lowest BCUT2D eigenvalue weighted by molar-refractivity contribution is -0.687. The first-order valence-electron chi connectivity index (χ1n) is 6.45. The van der Waals surface area contributed by atoms with Crippen molar-refractivity contribution in [3.63, 3.8) is 0 Å². The van der Waals surface area contributed by atoms with Crippen LogP contribution < -0.4 is 15.7 Å². The molecule has 2 atom stereocenters. The molecule has 7 nitrogen and oxygen atoms in total. The van der Waals surface area contributed by atoms with Gasteiger partial charge in [-0.25, -0.2) is 0 Å². The number of benzene rings is 1. The molecule has 0 aliphatic rings. The Morgan fingerprint density at radius 2 is 2.14 bits per heavy atom. The third-order valence-electron chi connectivity index (χ3n) is 2.79. The number of carboxylic acids is 1. The van der Waals surface area contributed by atoms with E-state index < -0.39 is 24.0 Å². The average Bonchev–Trinajstić information content (AvgIpc) is 2.43. The molecule has 0 aliphatic heterocycles. The summed E-state index contributed by atoms with van der Waals surface area (Å²) in [5, 5.41) is 32.9. The molecule has 1 rings (SSSR count). The zero-order valence-electron chi connectivity index (χ0n) is 11.6. The van der Waals surface area contributed by atoms with Gasteiger partial charge in [-0.05, 0) is 19.1 Å². The topological polar surface area (TPSA) is 130 Å². The summed E-state index contributed by atoms with van der Waals surface area (Å²) in [6.07, 6.45) is -0.997. The van der Waals surface area contributed by atoms with Gasteiger partial charge in [0.05, 0.1) is 29.7 Å². The molecular weight excluding hydrogens is 274 g/mol. The number of nitriles is 1. The molecule has 0 radical (unpaired) electrons. The van der Waals surface area contributed by atoms with Gasteiger partial charge in [0.1, 0.15) is 18.7 Å². The van der Waals surface area contributed by atoms with Crippen LogP contribution in [0, 0.1) is 11.3 Å². The van der Waals surface area contributed by atoms with Crippen LogP contribution in [-0.4, -0.2) is 35.7 Å². The molecule has 7 heteroatoms. The van der Waals surface area contributed by atoms with E-state index in [1.165, 1.54) is 12.2 Å². The maximum Gasteiger partial charge on any atom is 0.230 e. The highest BCUT2D eigenvalue weighted by Crippen LogP contribution is 2.13. The first-order valence-corrected chi connectivity index (χ1v) is 6.45. The zero-order chi connectivity index (χ0) is 15.8. The third kappa shape index (κ3) is 5.60. The SMILES string of the molecule is C[C@H](O)C[NH2+][C@@H](CC(=O)Nc1ccccc1C#N)C(=O)[O-]. The molecule has 0 saturated heterocycles. The minimum Gasteiger partial charge on any atom is -0.544 e. The van der Waals surface area contributed by atoms with E-state index in [0.717, 1.165) is 0 Å². The van der Waals surface area contributed by atoms with Gasteiger partial charge in [0, 0.05) is 0 Å². The van der Waals surface area contributed by atoms with Gasteiger partial charge in [0.2, 0.25) is 5.91 Å². The smallest absolute Gasteiger partial charge is 0.230 e. The van der Waals surface area contributed by atoms with Crippen molar-refractivity contribution >= 4 is 17.6 Å². The number of quaternary nitrogens is 1. The Morgan fingerprint density at radius 3 is 2.71 bits per heavy atom. The summed E-state index contributed by atoms with van der Waals surface area (Å²) in [5.41, 5.74) is 0.626. The molecule has 21 heavy (non-hydrogen) atoms. The molecule has 0 spiro atoms. The first-order chi connectivity index (χ1) is 9.93. The first kappa shape index (κ1) is 16.6. The van der Waals surface area contributed by atoms with Crippen LogP contribution in [0.5, 0.6) is 0 Å². The maximum atomic E-state index is 11.8. The van der Waals surface area contributed by atoms with Crippen molar-refractivity contribution in [3.05, 3.63) is 29.8 Å². The van der Waals surface area contributed by atoms with Gasteiger partial charge in [-0.2, -0.15) is 5.26 Å². The van der Waals surface area contributed by atoms with Gasteiger partial charge in [-0.15, -0.1) is 0 Å². The zero-order valence-corrected chi connectivity index (χ0v) is 11.6. The molecular formula is C14H17N3O4. The normalized spacial score (nSPS) is 13.0. The summed E-state index contributed by atoms with van der Waals surface area (Å²) in [6.45, 7) is 1.67. The van der Waals surface area contributed by atoms with Crippen molar-refractivity contribution in [1.82, 2.24) is 0 Å². The summed E-state index contributed by atoms with van der Waals surface area (Å²) in [5.74, 6) is -1.91. The Bertz CT molecular complexity index is 551. The predicted molar refractivity (Wildman–Crippen MR) is 71.7 cm³/mol. The number of hydrogen-bond acceptors (Lipinski definition) is 5. The number of carbonyl (C=O) groups is 2. The highest BCUT2D eigenvalue weighted by Gasteiger charge is 2.19. The van der Waals surface area contributed by atoms with Gasteiger partial charge < -0.3 is 25.6 Å². The summed E-state index contributed by atoms with van der Waals surface area (Å²) in [7, 11) is 0. The van der Waals surface area contributed by atoms with E-state index in [4.69, 9.17) is 10.4 Å². The fourth-order valence-electron chi connectivity index (χ4n) is 1.71. The monoisotopic (exact) mass is 291 g/mol. The maximum absolute atomic E-state index is 11.8. The summed E-state index contributed by atoms with van der Waals surface area (Å²) < 4.78 is 0. The van der Waals surface area contributed by atoms with Crippen LogP contribution in [-0.2, 0) is 9.59 Å². The van der Waals surface area contributed by atoms with E-state index in [0.29, 0.717) is 11.3 Å². The van der Waals surface area contributed by atoms with Crippen LogP contribution in [0.25, 0.3) is 0 Å². The Kier molecular flexibility index (Phi) is 6.33. The predicted octanol–water partition coefficient (Wildman–Crippen LogP) is -2.05. The average molecular weight is 291 g/mol. The Balaban J connectivity index is 2.66.